The van der Waals surface area contributed by atoms with E-state index in [0.29, 0.717) is 0 Å². The summed E-state index contributed by atoms with van der Waals surface area (Å²) in [6.07, 6.45) is 17.2. The number of rotatable bonds is 14. The SMILES string of the molecule is CCCCCCN1c2ccccc2Sc2cc(C=CC(=O)C=Cc3ccc4c(c3)Sc3ccccc3N4CCCCCC)ccc21. The van der Waals surface area contributed by atoms with Crippen LogP contribution in [0.5, 0.6) is 0 Å². The summed E-state index contributed by atoms with van der Waals surface area (Å²) in [5.41, 5.74) is 7.20. The van der Waals surface area contributed by atoms with Gasteiger partial charge >= 0.3 is 0 Å². The van der Waals surface area contributed by atoms with Crippen molar-refractivity contribution in [2.75, 3.05) is 22.9 Å². The standard InChI is InChI=1S/C41H44N2OS2/c1-3-5-7-13-27-42-34-15-9-11-17-38(34)45-40-29-31(21-25-36(40)42)19-23-33(44)24-20-32-22-26-37-41(30-32)46-39-18-12-10-16-35(39)43(37)28-14-8-6-4-2/h9-12,15-26,29-30H,3-8,13-14,27-28H2,1-2H3. The molecular formula is C41H44N2OS2. The predicted molar refractivity (Wildman–Crippen MR) is 199 cm³/mol. The minimum absolute atomic E-state index is 0.0125. The summed E-state index contributed by atoms with van der Waals surface area (Å²) in [4.78, 5) is 22.9. The number of nitrogens with zero attached hydrogens (tertiary/aromatic N) is 2. The van der Waals surface area contributed by atoms with E-state index in [4.69, 9.17) is 0 Å². The second-order valence-corrected chi connectivity index (χ2v) is 14.3. The van der Waals surface area contributed by atoms with E-state index in [0.717, 1.165) is 24.2 Å². The summed E-state index contributed by atoms with van der Waals surface area (Å²) >= 11 is 3.64. The van der Waals surface area contributed by atoms with Gasteiger partial charge in [-0.15, -0.1) is 0 Å². The molecule has 0 atom stereocenters. The van der Waals surface area contributed by atoms with Crippen LogP contribution in [0.25, 0.3) is 12.2 Å². The van der Waals surface area contributed by atoms with Gasteiger partial charge in [0.15, 0.2) is 5.78 Å². The summed E-state index contributed by atoms with van der Waals surface area (Å²) < 4.78 is 0. The molecule has 4 aromatic carbocycles. The molecule has 5 heteroatoms. The molecule has 0 radical (unpaired) electrons. The number of para-hydroxylation sites is 2. The van der Waals surface area contributed by atoms with E-state index in [9.17, 15) is 4.79 Å². The largest absolute Gasteiger partial charge is 0.340 e. The molecule has 0 saturated carbocycles. The zero-order chi connectivity index (χ0) is 31.7. The molecular weight excluding hydrogens is 601 g/mol. The van der Waals surface area contributed by atoms with Crippen molar-refractivity contribution in [3.8, 4) is 0 Å². The fraction of sp³-hybridized carbons (Fsp3) is 0.293. The summed E-state index contributed by atoms with van der Waals surface area (Å²) in [6, 6.07) is 30.5. The number of ketones is 1. The van der Waals surface area contributed by atoms with Gasteiger partial charge in [0, 0.05) is 32.7 Å². The Labute approximate surface area is 283 Å². The van der Waals surface area contributed by atoms with Crippen LogP contribution in [0.3, 0.4) is 0 Å². The van der Waals surface area contributed by atoms with E-state index >= 15 is 0 Å². The van der Waals surface area contributed by atoms with Crippen molar-refractivity contribution in [1.29, 1.82) is 0 Å². The number of hydrogen-bond donors (Lipinski definition) is 0. The quantitative estimate of drug-likeness (QED) is 0.100. The molecule has 0 fully saturated rings. The third-order valence-electron chi connectivity index (χ3n) is 8.65. The molecule has 0 aromatic heterocycles. The summed E-state index contributed by atoms with van der Waals surface area (Å²) in [5, 5.41) is 0. The van der Waals surface area contributed by atoms with Crippen molar-refractivity contribution >= 4 is 64.2 Å². The maximum absolute atomic E-state index is 12.9. The van der Waals surface area contributed by atoms with Crippen molar-refractivity contribution in [2.45, 2.75) is 84.8 Å². The molecule has 4 aromatic rings. The fourth-order valence-electron chi connectivity index (χ4n) is 6.20. The average Bonchev–Trinajstić information content (AvgIpc) is 3.09. The number of benzene rings is 4. The van der Waals surface area contributed by atoms with E-state index in [1.807, 2.05) is 35.7 Å². The lowest BCUT2D eigenvalue weighted by Crippen LogP contribution is -2.22. The Balaban J connectivity index is 1.13. The highest BCUT2D eigenvalue weighted by atomic mass is 32.2. The zero-order valence-corrected chi connectivity index (χ0v) is 28.7. The van der Waals surface area contributed by atoms with E-state index < -0.39 is 0 Å². The molecule has 3 nitrogen and oxygen atoms in total. The lowest BCUT2D eigenvalue weighted by atomic mass is 10.1. The molecule has 0 saturated heterocycles. The molecule has 0 spiro atoms. The predicted octanol–water partition coefficient (Wildman–Crippen LogP) is 12.3. The first-order valence-corrected chi connectivity index (χ1v) is 18.5. The highest BCUT2D eigenvalue weighted by Gasteiger charge is 2.24. The van der Waals surface area contributed by atoms with Crippen LogP contribution in [0.4, 0.5) is 22.7 Å². The molecule has 46 heavy (non-hydrogen) atoms. The number of carbonyl (C=O) groups is 1. The first kappa shape index (κ1) is 32.3. The first-order chi connectivity index (χ1) is 22.6. The lowest BCUT2D eigenvalue weighted by Gasteiger charge is -2.33. The number of anilines is 4. The molecule has 2 aliphatic rings. The van der Waals surface area contributed by atoms with Gasteiger partial charge in [-0.1, -0.05) is 124 Å². The summed E-state index contributed by atoms with van der Waals surface area (Å²) in [7, 11) is 0. The number of carbonyl (C=O) groups excluding carboxylic acids is 1. The zero-order valence-electron chi connectivity index (χ0n) is 27.1. The second kappa shape index (κ2) is 15.8. The van der Waals surface area contributed by atoms with Gasteiger partial charge in [0.1, 0.15) is 0 Å². The van der Waals surface area contributed by atoms with Crippen LogP contribution in [0.15, 0.2) is 117 Å². The van der Waals surface area contributed by atoms with Crippen molar-refractivity contribution < 1.29 is 4.79 Å². The van der Waals surface area contributed by atoms with E-state index in [-0.39, 0.29) is 5.78 Å². The van der Waals surface area contributed by atoms with E-state index in [2.05, 4.69) is 109 Å². The van der Waals surface area contributed by atoms with Crippen molar-refractivity contribution in [1.82, 2.24) is 0 Å². The van der Waals surface area contributed by atoms with Crippen LogP contribution >= 0.6 is 23.5 Å². The maximum atomic E-state index is 12.9. The monoisotopic (exact) mass is 644 g/mol. The minimum atomic E-state index is -0.0125. The lowest BCUT2D eigenvalue weighted by molar-refractivity contribution is -0.110. The van der Waals surface area contributed by atoms with Crippen LogP contribution in [0.2, 0.25) is 0 Å². The molecule has 0 N–H and O–H groups in total. The molecule has 0 amide bonds. The first-order valence-electron chi connectivity index (χ1n) is 16.9. The minimum Gasteiger partial charge on any atom is -0.340 e. The van der Waals surface area contributed by atoms with Crippen molar-refractivity contribution in [3.05, 3.63) is 108 Å². The molecule has 0 bridgehead atoms. The summed E-state index contributed by atoms with van der Waals surface area (Å²) in [5.74, 6) is -0.0125. The second-order valence-electron chi connectivity index (χ2n) is 12.1. The summed E-state index contributed by atoms with van der Waals surface area (Å²) in [6.45, 7) is 6.56. The Kier molecular flexibility index (Phi) is 11.1. The van der Waals surface area contributed by atoms with Gasteiger partial charge in [0.25, 0.3) is 0 Å². The van der Waals surface area contributed by atoms with Crippen LogP contribution in [0.1, 0.15) is 76.3 Å². The van der Waals surface area contributed by atoms with Crippen LogP contribution < -0.4 is 9.80 Å². The Bertz CT molecular complexity index is 1600. The van der Waals surface area contributed by atoms with Gasteiger partial charge in [0.05, 0.1) is 22.7 Å². The Morgan fingerprint density at radius 3 is 1.43 bits per heavy atom. The van der Waals surface area contributed by atoms with Crippen molar-refractivity contribution in [3.63, 3.8) is 0 Å². The van der Waals surface area contributed by atoms with E-state index in [1.54, 1.807) is 12.2 Å². The highest BCUT2D eigenvalue weighted by Crippen LogP contribution is 2.49. The van der Waals surface area contributed by atoms with Crippen LogP contribution in [-0.4, -0.2) is 18.9 Å². The Morgan fingerprint density at radius 1 is 0.543 bits per heavy atom. The Morgan fingerprint density at radius 2 is 0.978 bits per heavy atom. The smallest absolute Gasteiger partial charge is 0.178 e. The number of fused-ring (bicyclic) bond motifs is 4. The number of allylic oxidation sites excluding steroid dienone is 2. The third-order valence-corrected chi connectivity index (χ3v) is 10.9. The average molecular weight is 645 g/mol. The molecule has 2 heterocycles. The van der Waals surface area contributed by atoms with Gasteiger partial charge in [-0.3, -0.25) is 4.79 Å². The Hall–Kier alpha value is -3.67. The van der Waals surface area contributed by atoms with Crippen LogP contribution in [-0.2, 0) is 4.79 Å². The number of unbranched alkanes of at least 4 members (excludes halogenated alkanes) is 6. The van der Waals surface area contributed by atoms with Gasteiger partial charge in [0.2, 0.25) is 0 Å². The highest BCUT2D eigenvalue weighted by molar-refractivity contribution is 8.00. The molecule has 2 aliphatic heterocycles. The number of hydrogen-bond acceptors (Lipinski definition) is 5. The van der Waals surface area contributed by atoms with E-state index in [1.165, 1.54) is 93.7 Å². The van der Waals surface area contributed by atoms with Gasteiger partial charge in [-0.05, 0) is 84.7 Å². The molecule has 0 unspecified atom stereocenters. The van der Waals surface area contributed by atoms with Gasteiger partial charge < -0.3 is 9.80 Å². The van der Waals surface area contributed by atoms with Gasteiger partial charge in [-0.25, -0.2) is 0 Å². The topological polar surface area (TPSA) is 23.6 Å². The van der Waals surface area contributed by atoms with Gasteiger partial charge in [-0.2, -0.15) is 0 Å². The molecule has 6 rings (SSSR count). The molecule has 0 aliphatic carbocycles. The molecule has 236 valence electrons. The fourth-order valence-corrected chi connectivity index (χ4v) is 8.48. The van der Waals surface area contributed by atoms with Crippen LogP contribution in [0, 0.1) is 0 Å². The maximum Gasteiger partial charge on any atom is 0.178 e. The van der Waals surface area contributed by atoms with Crippen molar-refractivity contribution in [2.24, 2.45) is 0 Å². The third kappa shape index (κ3) is 7.65. The normalized spacial score (nSPS) is 13.5.